The molecule has 1 fully saturated rings. The van der Waals surface area contributed by atoms with Crippen LogP contribution in [0.4, 0.5) is 33.7 Å². The van der Waals surface area contributed by atoms with Gasteiger partial charge in [0.05, 0.1) is 6.04 Å². The van der Waals surface area contributed by atoms with E-state index in [1.54, 1.807) is 20.8 Å². The first-order chi connectivity index (χ1) is 17.1. The standard InChI is InChI=1S/C22H26F4N4O6S/c1-22(2,3)36-21(33)29-7-11(10-31)15(9-29)30(37(34)35)16-8-28(4)19(18(16)26)20(32)27-12-5-13(23)17(25)14(24)6-12/h5-6,8,11,15,31,37H,7,9-10H2,1-4H3,(H,27,32). The van der Waals surface area contributed by atoms with Gasteiger partial charge in [0.25, 0.3) is 5.91 Å². The number of hydrogen-bond donors (Lipinski definition) is 3. The van der Waals surface area contributed by atoms with E-state index in [4.69, 9.17) is 4.74 Å². The predicted molar refractivity (Wildman–Crippen MR) is 125 cm³/mol. The van der Waals surface area contributed by atoms with Crippen LogP contribution in [0, 0.1) is 29.2 Å². The first kappa shape index (κ1) is 28.2. The molecule has 0 bridgehead atoms. The summed E-state index contributed by atoms with van der Waals surface area (Å²) >= 11 is 0. The second-order valence-corrected chi connectivity index (χ2v) is 10.4. The number of thiol groups is 1. The summed E-state index contributed by atoms with van der Waals surface area (Å²) in [7, 11) is -2.30. The lowest BCUT2D eigenvalue weighted by Gasteiger charge is -2.27. The largest absolute Gasteiger partial charge is 0.444 e. The Labute approximate surface area is 211 Å². The fourth-order valence-electron chi connectivity index (χ4n) is 3.99. The predicted octanol–water partition coefficient (Wildman–Crippen LogP) is 2.39. The Morgan fingerprint density at radius 3 is 2.24 bits per heavy atom. The summed E-state index contributed by atoms with van der Waals surface area (Å²) in [6.45, 7) is 4.09. The van der Waals surface area contributed by atoms with Gasteiger partial charge in [0.2, 0.25) is 10.9 Å². The van der Waals surface area contributed by atoms with Crippen LogP contribution in [0.2, 0.25) is 0 Å². The molecule has 1 aliphatic heterocycles. The number of halogens is 4. The summed E-state index contributed by atoms with van der Waals surface area (Å²) in [6.07, 6.45) is 0.257. The first-order valence-corrected chi connectivity index (χ1v) is 12.1. The molecule has 0 saturated carbocycles. The van der Waals surface area contributed by atoms with E-state index in [0.717, 1.165) is 10.8 Å². The summed E-state index contributed by atoms with van der Waals surface area (Å²) in [6, 6.07) is -0.102. The van der Waals surface area contributed by atoms with E-state index in [1.165, 1.54) is 11.9 Å². The smallest absolute Gasteiger partial charge is 0.410 e. The molecule has 204 valence electrons. The molecule has 15 heteroatoms. The lowest BCUT2D eigenvalue weighted by Crippen LogP contribution is -2.42. The average molecular weight is 551 g/mol. The van der Waals surface area contributed by atoms with Crippen LogP contribution in [0.5, 0.6) is 0 Å². The number of carbonyl (C=O) groups excluding carboxylic acids is 2. The van der Waals surface area contributed by atoms with Crippen LogP contribution in [0.25, 0.3) is 0 Å². The Hall–Kier alpha value is -3.33. The molecule has 1 aromatic heterocycles. The van der Waals surface area contributed by atoms with Crippen molar-refractivity contribution in [2.45, 2.75) is 32.4 Å². The molecule has 1 aliphatic rings. The van der Waals surface area contributed by atoms with E-state index >= 15 is 4.39 Å². The van der Waals surface area contributed by atoms with Gasteiger partial charge in [0.15, 0.2) is 23.3 Å². The number of aliphatic hydroxyl groups is 1. The van der Waals surface area contributed by atoms with Gasteiger partial charge < -0.3 is 24.6 Å². The fraction of sp³-hybridized carbons (Fsp3) is 0.455. The van der Waals surface area contributed by atoms with Crippen molar-refractivity contribution in [3.63, 3.8) is 0 Å². The van der Waals surface area contributed by atoms with Gasteiger partial charge in [-0.3, -0.25) is 9.10 Å². The average Bonchev–Trinajstić information content (AvgIpc) is 3.31. The monoisotopic (exact) mass is 550 g/mol. The lowest BCUT2D eigenvalue weighted by molar-refractivity contribution is 0.0283. The summed E-state index contributed by atoms with van der Waals surface area (Å²) < 4.78 is 87.0. The highest BCUT2D eigenvalue weighted by atomic mass is 32.2. The maximum atomic E-state index is 15.5. The molecule has 1 aromatic carbocycles. The maximum Gasteiger partial charge on any atom is 0.410 e. The van der Waals surface area contributed by atoms with Crippen molar-refractivity contribution in [3.8, 4) is 0 Å². The molecule has 2 heterocycles. The minimum atomic E-state index is -3.53. The number of amides is 2. The number of ether oxygens (including phenoxy) is 1. The van der Waals surface area contributed by atoms with E-state index in [0.29, 0.717) is 16.4 Å². The van der Waals surface area contributed by atoms with Crippen molar-refractivity contribution in [1.82, 2.24) is 9.47 Å². The highest BCUT2D eigenvalue weighted by Crippen LogP contribution is 2.32. The number of aliphatic hydroxyl groups excluding tert-OH is 1. The van der Waals surface area contributed by atoms with Gasteiger partial charge in [0.1, 0.15) is 17.0 Å². The minimum Gasteiger partial charge on any atom is -0.444 e. The SMILES string of the molecule is Cn1cc(N(C2CN(C(=O)OC(C)(C)C)CC2CO)[SH](=O)=O)c(F)c1C(=O)Nc1cc(F)c(F)c(F)c1. The number of aryl methyl sites for hydroxylation is 1. The van der Waals surface area contributed by atoms with Crippen molar-refractivity contribution >= 4 is 34.3 Å². The molecule has 2 amide bonds. The Morgan fingerprint density at radius 2 is 1.73 bits per heavy atom. The van der Waals surface area contributed by atoms with Crippen LogP contribution in [-0.4, -0.2) is 66.3 Å². The number of carbonyl (C=O) groups is 2. The minimum absolute atomic E-state index is 0.0702. The van der Waals surface area contributed by atoms with Crippen LogP contribution in [-0.2, 0) is 22.7 Å². The topological polar surface area (TPSA) is 121 Å². The van der Waals surface area contributed by atoms with Crippen molar-refractivity contribution in [2.75, 3.05) is 29.3 Å². The molecule has 2 N–H and O–H groups in total. The van der Waals surface area contributed by atoms with Gasteiger partial charge in [-0.2, -0.15) is 0 Å². The van der Waals surface area contributed by atoms with Crippen LogP contribution in [0.1, 0.15) is 31.3 Å². The molecule has 3 rings (SSSR count). The number of hydrogen-bond acceptors (Lipinski definition) is 6. The molecule has 37 heavy (non-hydrogen) atoms. The van der Waals surface area contributed by atoms with Crippen LogP contribution >= 0.6 is 0 Å². The normalized spacial score (nSPS) is 17.8. The molecular weight excluding hydrogens is 524 g/mol. The molecule has 0 spiro atoms. The molecule has 2 aromatic rings. The number of nitrogens with zero attached hydrogens (tertiary/aromatic N) is 3. The van der Waals surface area contributed by atoms with Crippen LogP contribution < -0.4 is 9.62 Å². The van der Waals surface area contributed by atoms with E-state index in [-0.39, 0.29) is 13.1 Å². The quantitative estimate of drug-likeness (QED) is 0.289. The Balaban J connectivity index is 1.93. The highest BCUT2D eigenvalue weighted by molar-refractivity contribution is 7.74. The zero-order chi connectivity index (χ0) is 27.8. The van der Waals surface area contributed by atoms with Gasteiger partial charge in [-0.05, 0) is 20.8 Å². The van der Waals surface area contributed by atoms with Crippen LogP contribution in [0.15, 0.2) is 18.3 Å². The third kappa shape index (κ3) is 5.98. The number of rotatable bonds is 6. The lowest BCUT2D eigenvalue weighted by atomic mass is 10.1. The molecule has 0 aliphatic carbocycles. The highest BCUT2D eigenvalue weighted by Gasteiger charge is 2.42. The molecular formula is C22H26F4N4O6S. The van der Waals surface area contributed by atoms with Gasteiger partial charge >= 0.3 is 6.09 Å². The summed E-state index contributed by atoms with van der Waals surface area (Å²) in [5.74, 6) is -8.20. The van der Waals surface area contributed by atoms with E-state index in [1.807, 2.05) is 5.32 Å². The Bertz CT molecular complexity index is 1260. The van der Waals surface area contributed by atoms with Gasteiger partial charge in [-0.1, -0.05) is 0 Å². The van der Waals surface area contributed by atoms with Gasteiger partial charge in [-0.15, -0.1) is 0 Å². The second kappa shape index (κ2) is 10.6. The van der Waals surface area contributed by atoms with Crippen LogP contribution in [0.3, 0.4) is 0 Å². The Morgan fingerprint density at radius 1 is 1.14 bits per heavy atom. The van der Waals surface area contributed by atoms with Crippen molar-refractivity contribution in [3.05, 3.63) is 47.3 Å². The summed E-state index contributed by atoms with van der Waals surface area (Å²) in [5.41, 5.74) is -2.57. The molecule has 1 saturated heterocycles. The van der Waals surface area contributed by atoms with Crippen molar-refractivity contribution in [1.29, 1.82) is 0 Å². The van der Waals surface area contributed by atoms with Crippen molar-refractivity contribution < 1.29 is 45.4 Å². The summed E-state index contributed by atoms with van der Waals surface area (Å²) in [4.78, 5) is 26.4. The fourth-order valence-corrected chi connectivity index (χ4v) is 4.81. The van der Waals surface area contributed by atoms with E-state index < -0.39 is 87.4 Å². The van der Waals surface area contributed by atoms with Crippen molar-refractivity contribution in [2.24, 2.45) is 13.0 Å². The maximum absolute atomic E-state index is 15.5. The number of nitrogens with one attached hydrogen (secondary N) is 1. The van der Waals surface area contributed by atoms with E-state index in [2.05, 4.69) is 0 Å². The third-order valence-electron chi connectivity index (χ3n) is 5.59. The Kier molecular flexibility index (Phi) is 8.07. The number of aromatic nitrogens is 1. The molecule has 2 atom stereocenters. The number of benzene rings is 1. The number of likely N-dealkylation sites (tertiary alicyclic amines) is 1. The van der Waals surface area contributed by atoms with E-state index in [9.17, 15) is 36.3 Å². The molecule has 0 radical (unpaired) electrons. The molecule has 2 unspecified atom stereocenters. The molecule has 10 nitrogen and oxygen atoms in total. The third-order valence-corrected chi connectivity index (χ3v) is 6.45. The summed E-state index contributed by atoms with van der Waals surface area (Å²) in [5, 5.41) is 11.9. The van der Waals surface area contributed by atoms with Gasteiger partial charge in [-0.25, -0.2) is 30.8 Å². The zero-order valence-corrected chi connectivity index (χ0v) is 21.2. The first-order valence-electron chi connectivity index (χ1n) is 11.0. The second-order valence-electron chi connectivity index (χ2n) is 9.47. The van der Waals surface area contributed by atoms with Gasteiger partial charge in [0, 0.05) is 56.7 Å². The number of anilines is 2. The zero-order valence-electron chi connectivity index (χ0n) is 20.3.